The van der Waals surface area contributed by atoms with Crippen molar-refractivity contribution in [3.8, 4) is 5.75 Å². The Hall–Kier alpha value is -1.29. The summed E-state index contributed by atoms with van der Waals surface area (Å²) in [6.45, 7) is 4.37. The van der Waals surface area contributed by atoms with E-state index in [0.717, 1.165) is 18.6 Å². The highest BCUT2D eigenvalue weighted by atomic mass is 79.9. The largest absolute Gasteiger partial charge is 0.466 e. The topological polar surface area (TPSA) is 35.5 Å². The molecule has 4 heteroatoms. The first-order valence-electron chi connectivity index (χ1n) is 6.76. The van der Waals surface area contributed by atoms with Crippen LogP contribution < -0.4 is 4.74 Å². The lowest BCUT2D eigenvalue weighted by Crippen LogP contribution is -2.04. The van der Waals surface area contributed by atoms with Crippen LogP contribution in [0.3, 0.4) is 0 Å². The number of rotatable bonds is 7. The molecular weight excluding hydrogens is 320 g/mol. The summed E-state index contributed by atoms with van der Waals surface area (Å²) in [5.74, 6) is 1.38. The predicted octanol–water partition coefficient (Wildman–Crippen LogP) is 4.42. The molecule has 1 aromatic rings. The van der Waals surface area contributed by atoms with Gasteiger partial charge in [-0.2, -0.15) is 0 Å². The quantitative estimate of drug-likeness (QED) is 0.319. The van der Waals surface area contributed by atoms with Crippen LogP contribution in [0.15, 0.2) is 36.1 Å². The van der Waals surface area contributed by atoms with Gasteiger partial charge < -0.3 is 9.47 Å². The van der Waals surface area contributed by atoms with Gasteiger partial charge in [-0.25, -0.2) is 4.79 Å². The van der Waals surface area contributed by atoms with E-state index in [-0.39, 0.29) is 0 Å². The zero-order valence-electron chi connectivity index (χ0n) is 12.2. The minimum Gasteiger partial charge on any atom is -0.466 e. The molecule has 0 saturated heterocycles. The number of hydrogen-bond donors (Lipinski definition) is 0. The summed E-state index contributed by atoms with van der Waals surface area (Å²) in [4.78, 5) is 11.2. The molecule has 0 heterocycles. The SMILES string of the molecule is CCC(CC)c1cccc(O/C(=C/C(=O)OC)CBr)c1. The highest BCUT2D eigenvalue weighted by molar-refractivity contribution is 9.09. The lowest BCUT2D eigenvalue weighted by molar-refractivity contribution is -0.135. The van der Waals surface area contributed by atoms with Crippen LogP contribution in [0.25, 0.3) is 0 Å². The Balaban J connectivity index is 2.89. The fourth-order valence-corrected chi connectivity index (χ4v) is 2.31. The molecule has 0 N–H and O–H groups in total. The Kier molecular flexibility index (Phi) is 7.37. The first kappa shape index (κ1) is 16.8. The highest BCUT2D eigenvalue weighted by Crippen LogP contribution is 2.27. The second-order valence-corrected chi connectivity index (χ2v) is 5.02. The zero-order valence-corrected chi connectivity index (χ0v) is 13.8. The molecule has 3 nitrogen and oxygen atoms in total. The minimum atomic E-state index is -0.421. The Morgan fingerprint density at radius 1 is 1.35 bits per heavy atom. The molecule has 0 aliphatic rings. The van der Waals surface area contributed by atoms with E-state index >= 15 is 0 Å². The van der Waals surface area contributed by atoms with Crippen molar-refractivity contribution in [2.45, 2.75) is 32.6 Å². The van der Waals surface area contributed by atoms with Crippen molar-refractivity contribution >= 4 is 21.9 Å². The van der Waals surface area contributed by atoms with Crippen LogP contribution in [0.4, 0.5) is 0 Å². The summed E-state index contributed by atoms with van der Waals surface area (Å²) >= 11 is 3.30. The Morgan fingerprint density at radius 2 is 2.05 bits per heavy atom. The number of benzene rings is 1. The minimum absolute atomic E-state index is 0.421. The average molecular weight is 341 g/mol. The molecule has 0 radical (unpaired) electrons. The van der Waals surface area contributed by atoms with Crippen molar-refractivity contribution in [2.24, 2.45) is 0 Å². The van der Waals surface area contributed by atoms with Crippen LogP contribution >= 0.6 is 15.9 Å². The lowest BCUT2D eigenvalue weighted by atomic mass is 9.94. The number of esters is 1. The van der Waals surface area contributed by atoms with Crippen LogP contribution in [0, 0.1) is 0 Å². The maximum absolute atomic E-state index is 11.2. The molecular formula is C16H21BrO3. The molecule has 0 aromatic heterocycles. The maximum Gasteiger partial charge on any atom is 0.333 e. The standard InChI is InChI=1S/C16H21BrO3/c1-4-12(5-2)13-7-6-8-14(9-13)20-15(11-17)10-16(18)19-3/h6-10,12H,4-5,11H2,1-3H3/b15-10+. The summed E-state index contributed by atoms with van der Waals surface area (Å²) in [5, 5.41) is 0.456. The van der Waals surface area contributed by atoms with Crippen LogP contribution in [0.2, 0.25) is 0 Å². The summed E-state index contributed by atoms with van der Waals surface area (Å²) in [5.41, 5.74) is 1.26. The van der Waals surface area contributed by atoms with E-state index in [1.165, 1.54) is 18.7 Å². The van der Waals surface area contributed by atoms with Gasteiger partial charge in [0.2, 0.25) is 0 Å². The summed E-state index contributed by atoms with van der Waals surface area (Å²) < 4.78 is 10.3. The molecule has 0 amide bonds. The molecule has 0 bridgehead atoms. The van der Waals surface area contributed by atoms with E-state index < -0.39 is 5.97 Å². The van der Waals surface area contributed by atoms with Crippen LogP contribution in [0.5, 0.6) is 5.75 Å². The first-order chi connectivity index (χ1) is 9.64. The maximum atomic E-state index is 11.2. The number of halogens is 1. The van der Waals surface area contributed by atoms with Gasteiger partial charge in [0.05, 0.1) is 18.5 Å². The van der Waals surface area contributed by atoms with E-state index in [1.807, 2.05) is 18.2 Å². The first-order valence-corrected chi connectivity index (χ1v) is 7.89. The molecule has 0 fully saturated rings. The van der Waals surface area contributed by atoms with Gasteiger partial charge >= 0.3 is 5.97 Å². The second-order valence-electron chi connectivity index (χ2n) is 4.46. The molecule has 0 spiro atoms. The lowest BCUT2D eigenvalue weighted by Gasteiger charge is -2.14. The number of methoxy groups -OCH3 is 1. The molecule has 0 saturated carbocycles. The molecule has 0 aliphatic carbocycles. The van der Waals surface area contributed by atoms with Crippen molar-refractivity contribution < 1.29 is 14.3 Å². The molecule has 0 aliphatic heterocycles. The Bertz CT molecular complexity index is 465. The van der Waals surface area contributed by atoms with Gasteiger partial charge in [-0.05, 0) is 36.5 Å². The highest BCUT2D eigenvalue weighted by Gasteiger charge is 2.09. The monoisotopic (exact) mass is 340 g/mol. The van der Waals surface area contributed by atoms with Crippen LogP contribution in [-0.4, -0.2) is 18.4 Å². The van der Waals surface area contributed by atoms with E-state index in [1.54, 1.807) is 0 Å². The zero-order chi connectivity index (χ0) is 15.0. The van der Waals surface area contributed by atoms with E-state index in [4.69, 9.17) is 4.74 Å². The number of ether oxygens (including phenoxy) is 2. The fraction of sp³-hybridized carbons (Fsp3) is 0.438. The number of allylic oxidation sites excluding steroid dienone is 1. The molecule has 110 valence electrons. The normalized spacial score (nSPS) is 11.6. The van der Waals surface area contributed by atoms with Crippen molar-refractivity contribution in [1.29, 1.82) is 0 Å². The number of alkyl halides is 1. The summed E-state index contributed by atoms with van der Waals surface area (Å²) in [6, 6.07) is 8.01. The van der Waals surface area contributed by atoms with Gasteiger partial charge in [0.25, 0.3) is 0 Å². The van der Waals surface area contributed by atoms with E-state index in [2.05, 4.69) is 40.6 Å². The number of carbonyl (C=O) groups is 1. The molecule has 0 atom stereocenters. The molecule has 0 unspecified atom stereocenters. The Morgan fingerprint density at radius 3 is 2.60 bits per heavy atom. The van der Waals surface area contributed by atoms with Crippen molar-refractivity contribution in [3.63, 3.8) is 0 Å². The molecule has 1 rings (SSSR count). The third kappa shape index (κ3) is 5.00. The van der Waals surface area contributed by atoms with Gasteiger partial charge in [-0.3, -0.25) is 0 Å². The number of carbonyl (C=O) groups excluding carboxylic acids is 1. The number of hydrogen-bond acceptors (Lipinski definition) is 3. The van der Waals surface area contributed by atoms with Crippen molar-refractivity contribution in [3.05, 3.63) is 41.7 Å². The average Bonchev–Trinajstić information content (AvgIpc) is 2.48. The van der Waals surface area contributed by atoms with Crippen LogP contribution in [0.1, 0.15) is 38.2 Å². The van der Waals surface area contributed by atoms with Gasteiger partial charge in [0, 0.05) is 0 Å². The van der Waals surface area contributed by atoms with Gasteiger partial charge in [0.1, 0.15) is 11.5 Å². The predicted molar refractivity (Wildman–Crippen MR) is 84.3 cm³/mol. The van der Waals surface area contributed by atoms with Crippen molar-refractivity contribution in [2.75, 3.05) is 12.4 Å². The van der Waals surface area contributed by atoms with Crippen LogP contribution in [-0.2, 0) is 9.53 Å². The van der Waals surface area contributed by atoms with E-state index in [0.29, 0.717) is 17.0 Å². The molecule has 1 aromatic carbocycles. The van der Waals surface area contributed by atoms with Gasteiger partial charge in [0.15, 0.2) is 0 Å². The van der Waals surface area contributed by atoms with Crippen molar-refractivity contribution in [1.82, 2.24) is 0 Å². The van der Waals surface area contributed by atoms with Gasteiger partial charge in [-0.15, -0.1) is 0 Å². The fourth-order valence-electron chi connectivity index (χ4n) is 2.03. The smallest absolute Gasteiger partial charge is 0.333 e. The Labute approximate surface area is 129 Å². The second kappa shape index (κ2) is 8.80. The van der Waals surface area contributed by atoms with E-state index in [9.17, 15) is 4.79 Å². The molecule has 20 heavy (non-hydrogen) atoms. The third-order valence-corrected chi connectivity index (χ3v) is 3.73. The van der Waals surface area contributed by atoms with Gasteiger partial charge in [-0.1, -0.05) is 41.9 Å². The summed E-state index contributed by atoms with van der Waals surface area (Å²) in [6.07, 6.45) is 3.55. The third-order valence-electron chi connectivity index (χ3n) is 3.18. The summed E-state index contributed by atoms with van der Waals surface area (Å²) in [7, 11) is 1.35.